The second-order valence-electron chi connectivity index (χ2n) is 1.93. The molecule has 0 saturated heterocycles. The van der Waals surface area contributed by atoms with E-state index in [1.54, 1.807) is 6.92 Å². The summed E-state index contributed by atoms with van der Waals surface area (Å²) in [5.41, 5.74) is 0. The molecule has 0 rings (SSSR count). The molecule has 3 nitrogen and oxygen atoms in total. The van der Waals surface area contributed by atoms with Crippen LogP contribution in [0.5, 0.6) is 0 Å². The molecule has 0 aromatic carbocycles. The largest absolute Gasteiger partial charge is 2.00 e. The van der Waals surface area contributed by atoms with Gasteiger partial charge in [0.25, 0.3) is 0 Å². The average Bonchev–Trinajstić information content (AvgIpc) is 1.63. The van der Waals surface area contributed by atoms with E-state index < -0.39 is 8.60 Å². The first-order chi connectivity index (χ1) is 4.16. The van der Waals surface area contributed by atoms with Crippen molar-refractivity contribution >= 4 is 8.60 Å². The fourth-order valence-electron chi connectivity index (χ4n) is 0.606. The Morgan fingerprint density at radius 3 is 2.30 bits per heavy atom. The molecule has 0 heterocycles. The number of hydrogen-bond acceptors (Lipinski definition) is 3. The number of hydrogen-bond donors (Lipinski definition) is 0. The summed E-state index contributed by atoms with van der Waals surface area (Å²) in [5.74, 6) is 0. The molecule has 0 aromatic heterocycles. The van der Waals surface area contributed by atoms with E-state index in [0.29, 0.717) is 0 Å². The first-order valence-corrected chi connectivity index (χ1v) is 4.07. The van der Waals surface area contributed by atoms with Crippen molar-refractivity contribution < 1.29 is 33.8 Å². The minimum Gasteiger partial charge on any atom is -0.820 e. The summed E-state index contributed by atoms with van der Waals surface area (Å²) < 4.78 is 4.44. The van der Waals surface area contributed by atoms with Crippen molar-refractivity contribution in [1.82, 2.24) is 0 Å². The molecule has 56 valence electrons. The van der Waals surface area contributed by atoms with E-state index in [0.717, 1.165) is 12.8 Å². The minimum atomic E-state index is -2.65. The van der Waals surface area contributed by atoms with Gasteiger partial charge in [-0.1, -0.05) is 13.3 Å². The monoisotopic (exact) mass is 214 g/mol. The van der Waals surface area contributed by atoms with Gasteiger partial charge in [0.1, 0.15) is 0 Å². The van der Waals surface area contributed by atoms with Crippen LogP contribution < -0.4 is 9.79 Å². The van der Waals surface area contributed by atoms with Crippen LogP contribution in [0.3, 0.4) is 0 Å². The zero-order valence-electron chi connectivity index (χ0n) is 6.37. The van der Waals surface area contributed by atoms with E-state index in [1.165, 1.54) is 0 Å². The summed E-state index contributed by atoms with van der Waals surface area (Å²) in [6.07, 6.45) is 1.59. The van der Waals surface area contributed by atoms with Crippen LogP contribution in [0.1, 0.15) is 26.7 Å². The molecule has 5 heteroatoms. The molecule has 0 N–H and O–H groups in total. The summed E-state index contributed by atoms with van der Waals surface area (Å²) in [6, 6.07) is 0. The molecule has 0 aliphatic rings. The number of rotatable bonds is 4. The van der Waals surface area contributed by atoms with Crippen LogP contribution in [0.4, 0.5) is 0 Å². The van der Waals surface area contributed by atoms with Gasteiger partial charge in [-0.15, -0.1) is 0 Å². The zero-order valence-corrected chi connectivity index (χ0v) is 10.2. The first kappa shape index (κ1) is 13.5. The molecule has 0 amide bonds. The molecule has 0 spiro atoms. The van der Waals surface area contributed by atoms with Crippen LogP contribution in [0, 0.1) is 0 Å². The van der Waals surface area contributed by atoms with Crippen LogP contribution in [0.2, 0.25) is 0 Å². The van der Waals surface area contributed by atoms with Gasteiger partial charge < -0.3 is 14.3 Å². The molecule has 1 atom stereocenters. The smallest absolute Gasteiger partial charge is 0.820 e. The molecule has 0 saturated carbocycles. The molecular weight excluding hydrogens is 204 g/mol. The Morgan fingerprint density at radius 2 is 2.00 bits per heavy atom. The standard InChI is InChI=1S/C5H11O3P.Zn/c1-3-4-5(2)8-9(6)7;/h5H,3-4H2,1-2H3;/q-2;+2. The van der Waals surface area contributed by atoms with E-state index in [2.05, 4.69) is 4.52 Å². The molecule has 0 aliphatic carbocycles. The van der Waals surface area contributed by atoms with Gasteiger partial charge in [0.15, 0.2) is 0 Å². The van der Waals surface area contributed by atoms with Crippen molar-refractivity contribution in [3.8, 4) is 0 Å². The van der Waals surface area contributed by atoms with Crippen molar-refractivity contribution in [2.75, 3.05) is 0 Å². The van der Waals surface area contributed by atoms with Gasteiger partial charge in [-0.05, 0) is 13.3 Å². The molecule has 0 aromatic rings. The molecule has 0 bridgehead atoms. The van der Waals surface area contributed by atoms with E-state index in [4.69, 9.17) is 0 Å². The van der Waals surface area contributed by atoms with Gasteiger partial charge in [-0.2, -0.15) is 8.60 Å². The van der Waals surface area contributed by atoms with Crippen LogP contribution >= 0.6 is 8.60 Å². The fourth-order valence-corrected chi connectivity index (χ4v) is 1.01. The predicted molar refractivity (Wildman–Crippen MR) is 32.4 cm³/mol. The average molecular weight is 216 g/mol. The summed E-state index contributed by atoms with van der Waals surface area (Å²) in [5, 5.41) is 0. The van der Waals surface area contributed by atoms with Gasteiger partial charge in [0.05, 0.1) is 6.10 Å². The molecule has 0 radical (unpaired) electrons. The maximum atomic E-state index is 9.90. The van der Waals surface area contributed by atoms with Gasteiger partial charge in [0, 0.05) is 0 Å². The minimum absolute atomic E-state index is 0. The Kier molecular flexibility index (Phi) is 10.9. The molecule has 0 aliphatic heterocycles. The van der Waals surface area contributed by atoms with Crippen molar-refractivity contribution in [3.63, 3.8) is 0 Å². The van der Waals surface area contributed by atoms with E-state index in [1.807, 2.05) is 6.92 Å². The van der Waals surface area contributed by atoms with Crippen LogP contribution in [-0.2, 0) is 24.0 Å². The predicted octanol–water partition coefficient (Wildman–Crippen LogP) is 0.137. The normalized spacial score (nSPS) is 12.9. The Labute approximate surface area is 75.5 Å². The maximum Gasteiger partial charge on any atom is 2.00 e. The third-order valence-corrected chi connectivity index (χ3v) is 1.49. The summed E-state index contributed by atoms with van der Waals surface area (Å²) in [6.45, 7) is 3.73. The topological polar surface area (TPSA) is 55.3 Å². The van der Waals surface area contributed by atoms with Crippen LogP contribution in [-0.4, -0.2) is 6.10 Å². The van der Waals surface area contributed by atoms with Gasteiger partial charge in [0.2, 0.25) is 0 Å². The Balaban J connectivity index is 0. The van der Waals surface area contributed by atoms with E-state index in [-0.39, 0.29) is 25.6 Å². The second-order valence-corrected chi connectivity index (χ2v) is 2.59. The molecule has 1 unspecified atom stereocenters. The Morgan fingerprint density at radius 1 is 1.50 bits per heavy atom. The van der Waals surface area contributed by atoms with E-state index >= 15 is 0 Å². The fraction of sp³-hybridized carbons (Fsp3) is 1.00. The van der Waals surface area contributed by atoms with Crippen LogP contribution in [0.15, 0.2) is 0 Å². The van der Waals surface area contributed by atoms with Crippen molar-refractivity contribution in [2.45, 2.75) is 32.8 Å². The van der Waals surface area contributed by atoms with Crippen molar-refractivity contribution in [1.29, 1.82) is 0 Å². The summed E-state index contributed by atoms with van der Waals surface area (Å²) >= 11 is 0. The molecule has 10 heavy (non-hydrogen) atoms. The van der Waals surface area contributed by atoms with Crippen molar-refractivity contribution in [2.24, 2.45) is 0 Å². The van der Waals surface area contributed by atoms with E-state index in [9.17, 15) is 9.79 Å². The quantitative estimate of drug-likeness (QED) is 0.495. The van der Waals surface area contributed by atoms with Gasteiger partial charge in [-0.25, -0.2) is 0 Å². The van der Waals surface area contributed by atoms with Gasteiger partial charge in [-0.3, -0.25) is 0 Å². The molecular formula is C5H11O3PZn. The van der Waals surface area contributed by atoms with Crippen LogP contribution in [0.25, 0.3) is 0 Å². The second kappa shape index (κ2) is 8.03. The Hall–Kier alpha value is 0.933. The van der Waals surface area contributed by atoms with Gasteiger partial charge >= 0.3 is 19.5 Å². The maximum absolute atomic E-state index is 9.90. The molecule has 0 fully saturated rings. The van der Waals surface area contributed by atoms with Crippen molar-refractivity contribution in [3.05, 3.63) is 0 Å². The summed E-state index contributed by atoms with van der Waals surface area (Å²) in [7, 11) is -2.65. The summed E-state index contributed by atoms with van der Waals surface area (Å²) in [4.78, 5) is 19.8. The third kappa shape index (κ3) is 8.93. The first-order valence-electron chi connectivity index (χ1n) is 2.98. The third-order valence-electron chi connectivity index (χ3n) is 0.961. The SMILES string of the molecule is CCCC(C)OP([O-])[O-].[Zn+2]. The zero-order chi connectivity index (χ0) is 7.28. The Bertz CT molecular complexity index is 71.9.